The highest BCUT2D eigenvalue weighted by molar-refractivity contribution is 5.80. The van der Waals surface area contributed by atoms with Gasteiger partial charge in [-0.3, -0.25) is 0 Å². The van der Waals surface area contributed by atoms with Gasteiger partial charge in [-0.15, -0.1) is 0 Å². The van der Waals surface area contributed by atoms with Crippen LogP contribution in [0.15, 0.2) is 43.0 Å². The molecule has 0 saturated carbocycles. The molecule has 19 heavy (non-hydrogen) atoms. The van der Waals surface area contributed by atoms with Crippen LogP contribution in [-0.4, -0.2) is 14.1 Å². The van der Waals surface area contributed by atoms with Crippen LogP contribution in [-0.2, 0) is 13.1 Å². The van der Waals surface area contributed by atoms with Crippen molar-refractivity contribution in [1.29, 1.82) is 0 Å². The van der Waals surface area contributed by atoms with Gasteiger partial charge in [0.25, 0.3) is 0 Å². The molecular weight excluding hydrogens is 241 g/mol. The smallest absolute Gasteiger partial charge is 0.123 e. The summed E-state index contributed by atoms with van der Waals surface area (Å²) in [7, 11) is 0. The van der Waals surface area contributed by atoms with Crippen molar-refractivity contribution in [3.8, 4) is 0 Å². The first kappa shape index (κ1) is 12.0. The Kier molecular flexibility index (Phi) is 3.07. The van der Waals surface area contributed by atoms with Crippen molar-refractivity contribution in [3.05, 3.63) is 54.5 Å². The number of hydrogen-bond donors (Lipinski definition) is 0. The zero-order valence-electron chi connectivity index (χ0n) is 10.9. The van der Waals surface area contributed by atoms with Crippen LogP contribution in [0.3, 0.4) is 0 Å². The van der Waals surface area contributed by atoms with Crippen molar-refractivity contribution < 1.29 is 4.39 Å². The molecule has 0 fully saturated rings. The Morgan fingerprint density at radius 1 is 1.21 bits per heavy atom. The molecule has 0 unspecified atom stereocenters. The number of rotatable bonds is 4. The van der Waals surface area contributed by atoms with E-state index in [2.05, 4.69) is 21.0 Å². The van der Waals surface area contributed by atoms with Gasteiger partial charge < -0.3 is 9.13 Å². The average molecular weight is 257 g/mol. The number of benzene rings is 1. The summed E-state index contributed by atoms with van der Waals surface area (Å²) in [6, 6.07) is 6.83. The molecule has 0 bridgehead atoms. The van der Waals surface area contributed by atoms with Gasteiger partial charge in [0.05, 0.1) is 18.6 Å². The van der Waals surface area contributed by atoms with Crippen molar-refractivity contribution in [2.75, 3.05) is 0 Å². The van der Waals surface area contributed by atoms with Gasteiger partial charge in [0.15, 0.2) is 0 Å². The van der Waals surface area contributed by atoms with Gasteiger partial charge >= 0.3 is 0 Å². The molecule has 1 aromatic carbocycles. The van der Waals surface area contributed by atoms with Crippen molar-refractivity contribution in [3.63, 3.8) is 0 Å². The molecule has 0 saturated heterocycles. The Morgan fingerprint density at radius 3 is 2.95 bits per heavy atom. The van der Waals surface area contributed by atoms with Crippen molar-refractivity contribution in [2.24, 2.45) is 0 Å². The number of halogens is 1. The van der Waals surface area contributed by atoms with E-state index in [0.717, 1.165) is 30.4 Å². The van der Waals surface area contributed by atoms with E-state index < -0.39 is 0 Å². The molecule has 98 valence electrons. The van der Waals surface area contributed by atoms with Crippen molar-refractivity contribution in [1.82, 2.24) is 14.1 Å². The summed E-state index contributed by atoms with van der Waals surface area (Å²) >= 11 is 0. The Morgan fingerprint density at radius 2 is 2.11 bits per heavy atom. The third-order valence-electron chi connectivity index (χ3n) is 3.33. The molecule has 0 aliphatic heterocycles. The van der Waals surface area contributed by atoms with Crippen LogP contribution >= 0.6 is 0 Å². The number of fused-ring (bicyclic) bond motifs is 1. The number of hydrogen-bond acceptors (Lipinski definition) is 1. The Bertz CT molecular complexity index is 696. The highest BCUT2D eigenvalue weighted by Crippen LogP contribution is 2.18. The Labute approximate surface area is 111 Å². The second kappa shape index (κ2) is 4.88. The lowest BCUT2D eigenvalue weighted by molar-refractivity contribution is 0.626. The largest absolute Gasteiger partial charge is 0.341 e. The SMILES string of the molecule is CCCn1cncc1Cn1ccc2cc(F)ccc21. The van der Waals surface area contributed by atoms with E-state index in [4.69, 9.17) is 0 Å². The van der Waals surface area contributed by atoms with Crippen LogP contribution in [0.2, 0.25) is 0 Å². The fraction of sp³-hybridized carbons (Fsp3) is 0.267. The highest BCUT2D eigenvalue weighted by atomic mass is 19.1. The third-order valence-corrected chi connectivity index (χ3v) is 3.33. The normalized spacial score (nSPS) is 11.3. The summed E-state index contributed by atoms with van der Waals surface area (Å²) in [4.78, 5) is 4.21. The maximum atomic E-state index is 13.2. The lowest BCUT2D eigenvalue weighted by atomic mass is 10.2. The minimum atomic E-state index is -0.193. The van der Waals surface area contributed by atoms with Crippen LogP contribution < -0.4 is 0 Å². The lowest BCUT2D eigenvalue weighted by Gasteiger charge is -2.09. The maximum absolute atomic E-state index is 13.2. The first-order valence-corrected chi connectivity index (χ1v) is 6.51. The summed E-state index contributed by atoms with van der Waals surface area (Å²) in [5, 5.41) is 0.932. The summed E-state index contributed by atoms with van der Waals surface area (Å²) in [5.74, 6) is -0.193. The minimum absolute atomic E-state index is 0.193. The van der Waals surface area contributed by atoms with Gasteiger partial charge in [-0.25, -0.2) is 9.37 Å². The van der Waals surface area contributed by atoms with Crippen LogP contribution in [0.1, 0.15) is 19.0 Å². The number of aromatic nitrogens is 3. The van der Waals surface area contributed by atoms with Crippen LogP contribution in [0.4, 0.5) is 4.39 Å². The topological polar surface area (TPSA) is 22.8 Å². The molecular formula is C15H16FN3. The van der Waals surface area contributed by atoms with E-state index in [1.807, 2.05) is 30.9 Å². The predicted octanol–water partition coefficient (Wildman–Crippen LogP) is 3.44. The van der Waals surface area contributed by atoms with Gasteiger partial charge in [0.1, 0.15) is 5.82 Å². The second-order valence-corrected chi connectivity index (χ2v) is 4.73. The van der Waals surface area contributed by atoms with Gasteiger partial charge in [-0.1, -0.05) is 6.92 Å². The monoisotopic (exact) mass is 257 g/mol. The van der Waals surface area contributed by atoms with E-state index in [9.17, 15) is 4.39 Å². The predicted molar refractivity (Wildman–Crippen MR) is 73.5 cm³/mol. The Hall–Kier alpha value is -2.10. The molecule has 2 aromatic heterocycles. The minimum Gasteiger partial charge on any atom is -0.341 e. The zero-order chi connectivity index (χ0) is 13.2. The Balaban J connectivity index is 1.94. The first-order valence-electron chi connectivity index (χ1n) is 6.51. The molecule has 0 radical (unpaired) electrons. The summed E-state index contributed by atoms with van der Waals surface area (Å²) in [6.07, 6.45) is 6.84. The summed E-state index contributed by atoms with van der Waals surface area (Å²) < 4.78 is 17.4. The molecule has 3 rings (SSSR count). The molecule has 0 aliphatic rings. The molecule has 0 spiro atoms. The molecule has 0 amide bonds. The van der Waals surface area contributed by atoms with E-state index in [1.54, 1.807) is 6.07 Å². The van der Waals surface area contributed by atoms with Crippen LogP contribution in [0, 0.1) is 5.82 Å². The number of aryl methyl sites for hydroxylation is 1. The molecule has 4 heteroatoms. The highest BCUT2D eigenvalue weighted by Gasteiger charge is 2.06. The summed E-state index contributed by atoms with van der Waals surface area (Å²) in [5.41, 5.74) is 2.22. The number of nitrogens with zero attached hydrogens (tertiary/aromatic N) is 3. The van der Waals surface area contributed by atoms with Gasteiger partial charge in [0.2, 0.25) is 0 Å². The van der Waals surface area contributed by atoms with Gasteiger partial charge in [-0.2, -0.15) is 0 Å². The second-order valence-electron chi connectivity index (χ2n) is 4.73. The molecule has 0 N–H and O–H groups in total. The van der Waals surface area contributed by atoms with E-state index in [1.165, 1.54) is 11.8 Å². The molecule has 2 heterocycles. The molecule has 0 aliphatic carbocycles. The average Bonchev–Trinajstić information content (AvgIpc) is 2.98. The lowest BCUT2D eigenvalue weighted by Crippen LogP contribution is -2.06. The molecule has 3 aromatic rings. The van der Waals surface area contributed by atoms with Crippen LogP contribution in [0.25, 0.3) is 10.9 Å². The number of imidazole rings is 1. The maximum Gasteiger partial charge on any atom is 0.123 e. The quantitative estimate of drug-likeness (QED) is 0.702. The fourth-order valence-corrected chi connectivity index (χ4v) is 2.41. The van der Waals surface area contributed by atoms with E-state index in [0.29, 0.717) is 0 Å². The van der Waals surface area contributed by atoms with Gasteiger partial charge in [0, 0.05) is 29.8 Å². The first-order chi connectivity index (χ1) is 9.28. The van der Waals surface area contributed by atoms with Crippen LogP contribution in [0.5, 0.6) is 0 Å². The van der Waals surface area contributed by atoms with Gasteiger partial charge in [-0.05, 0) is 30.7 Å². The molecule has 0 atom stereocenters. The van der Waals surface area contributed by atoms with Crippen molar-refractivity contribution in [2.45, 2.75) is 26.4 Å². The zero-order valence-corrected chi connectivity index (χ0v) is 10.9. The fourth-order valence-electron chi connectivity index (χ4n) is 2.41. The van der Waals surface area contributed by atoms with E-state index >= 15 is 0 Å². The van der Waals surface area contributed by atoms with E-state index in [-0.39, 0.29) is 5.82 Å². The standard InChI is InChI=1S/C15H16FN3/c1-2-6-19-11-17-9-14(19)10-18-7-5-12-8-13(16)3-4-15(12)18/h3-5,7-9,11H,2,6,10H2,1H3. The van der Waals surface area contributed by atoms with Crippen molar-refractivity contribution >= 4 is 10.9 Å². The summed E-state index contributed by atoms with van der Waals surface area (Å²) in [6.45, 7) is 3.88. The third kappa shape index (κ3) is 2.26. The molecule has 3 nitrogen and oxygen atoms in total.